The molecule has 0 atom stereocenters. The van der Waals surface area contributed by atoms with Crippen molar-refractivity contribution in [2.24, 2.45) is 0 Å². The largest absolute Gasteiger partial charge is 0.497 e. The zero-order valence-corrected chi connectivity index (χ0v) is 17.4. The summed E-state index contributed by atoms with van der Waals surface area (Å²) in [6, 6.07) is 7.29. The van der Waals surface area contributed by atoms with Gasteiger partial charge in [0.2, 0.25) is 0 Å². The molecular formula is C22H26N2O5. The Bertz CT molecular complexity index is 1050. The lowest BCUT2D eigenvalue weighted by molar-refractivity contribution is 0.109. The molecule has 0 saturated heterocycles. The van der Waals surface area contributed by atoms with Crippen molar-refractivity contribution in [2.75, 3.05) is 34.0 Å². The van der Waals surface area contributed by atoms with Crippen LogP contribution in [0.15, 0.2) is 29.1 Å². The van der Waals surface area contributed by atoms with Crippen LogP contribution in [0.3, 0.4) is 0 Å². The highest BCUT2D eigenvalue weighted by atomic mass is 16.5. The van der Waals surface area contributed by atoms with E-state index in [0.717, 1.165) is 22.4 Å². The highest BCUT2D eigenvalue weighted by Gasteiger charge is 2.15. The fourth-order valence-electron chi connectivity index (χ4n) is 3.29. The van der Waals surface area contributed by atoms with Crippen LogP contribution >= 0.6 is 0 Å². The minimum absolute atomic E-state index is 0.267. The van der Waals surface area contributed by atoms with Crippen LogP contribution in [0.4, 0.5) is 0 Å². The zero-order valence-electron chi connectivity index (χ0n) is 17.4. The molecule has 7 heteroatoms. The Labute approximate surface area is 169 Å². The first-order chi connectivity index (χ1) is 14.0. The Kier molecular flexibility index (Phi) is 6.39. The number of fused-ring (bicyclic) bond motifs is 1. The van der Waals surface area contributed by atoms with Crippen molar-refractivity contribution in [1.29, 1.82) is 0 Å². The van der Waals surface area contributed by atoms with Gasteiger partial charge in [-0.15, -0.1) is 0 Å². The number of hydrogen-bond donors (Lipinski definition) is 1. The third kappa shape index (κ3) is 4.35. The molecule has 0 amide bonds. The SMILES string of the molecule is CCOCCOc1c(C)cc(-c2nc3cc(OC)cc(OC)c3c(=O)[nH]2)cc1C. The highest BCUT2D eigenvalue weighted by Crippen LogP contribution is 2.31. The van der Waals surface area contributed by atoms with Crippen LogP contribution in [0.2, 0.25) is 0 Å². The standard InChI is InChI=1S/C22H26N2O5/c1-6-28-7-8-29-20-13(2)9-15(10-14(20)3)21-23-17-11-16(26-4)12-18(27-5)19(17)22(25)24-21/h9-12H,6-8H2,1-5H3,(H,23,24,25). The van der Waals surface area contributed by atoms with Gasteiger partial charge < -0.3 is 23.9 Å². The first-order valence-electron chi connectivity index (χ1n) is 9.46. The Morgan fingerprint density at radius 1 is 1.00 bits per heavy atom. The zero-order chi connectivity index (χ0) is 21.0. The molecule has 0 saturated carbocycles. The topological polar surface area (TPSA) is 82.7 Å². The molecule has 1 aromatic heterocycles. The summed E-state index contributed by atoms with van der Waals surface area (Å²) in [6.45, 7) is 7.58. The van der Waals surface area contributed by atoms with E-state index in [1.54, 1.807) is 19.2 Å². The van der Waals surface area contributed by atoms with Gasteiger partial charge in [-0.25, -0.2) is 4.98 Å². The van der Waals surface area contributed by atoms with Crippen LogP contribution in [0.5, 0.6) is 17.2 Å². The van der Waals surface area contributed by atoms with E-state index in [9.17, 15) is 4.79 Å². The van der Waals surface area contributed by atoms with Crippen LogP contribution in [0.1, 0.15) is 18.1 Å². The van der Waals surface area contributed by atoms with Crippen LogP contribution in [-0.2, 0) is 4.74 Å². The molecule has 1 N–H and O–H groups in total. The van der Waals surface area contributed by atoms with Crippen LogP contribution in [0, 0.1) is 13.8 Å². The number of H-pyrrole nitrogens is 1. The van der Waals surface area contributed by atoms with Crippen molar-refractivity contribution in [3.8, 4) is 28.6 Å². The number of aromatic nitrogens is 2. The fraction of sp³-hybridized carbons (Fsp3) is 0.364. The molecule has 7 nitrogen and oxygen atoms in total. The fourth-order valence-corrected chi connectivity index (χ4v) is 3.29. The molecule has 0 aliphatic heterocycles. The van der Waals surface area contributed by atoms with E-state index in [-0.39, 0.29) is 5.56 Å². The highest BCUT2D eigenvalue weighted by molar-refractivity contribution is 5.87. The van der Waals surface area contributed by atoms with Gasteiger partial charge in [0.15, 0.2) is 0 Å². The summed E-state index contributed by atoms with van der Waals surface area (Å²) in [5, 5.41) is 0.390. The predicted octanol–water partition coefficient (Wildman–Crippen LogP) is 3.64. The normalized spacial score (nSPS) is 10.9. The van der Waals surface area contributed by atoms with Gasteiger partial charge in [-0.2, -0.15) is 0 Å². The number of nitrogens with one attached hydrogen (secondary N) is 1. The van der Waals surface area contributed by atoms with E-state index in [1.807, 2.05) is 32.9 Å². The summed E-state index contributed by atoms with van der Waals surface area (Å²) in [6.07, 6.45) is 0. The van der Waals surface area contributed by atoms with Crippen molar-refractivity contribution < 1.29 is 18.9 Å². The summed E-state index contributed by atoms with van der Waals surface area (Å²) in [4.78, 5) is 20.2. The monoisotopic (exact) mass is 398 g/mol. The smallest absolute Gasteiger partial charge is 0.262 e. The predicted molar refractivity (Wildman–Crippen MR) is 112 cm³/mol. The molecule has 0 radical (unpaired) electrons. The first kappa shape index (κ1) is 20.7. The molecule has 2 aromatic carbocycles. The molecule has 0 spiro atoms. The summed E-state index contributed by atoms with van der Waals surface area (Å²) in [7, 11) is 3.07. The Hall–Kier alpha value is -3.06. The molecule has 0 aliphatic rings. The summed E-state index contributed by atoms with van der Waals surface area (Å²) in [5.41, 5.74) is 2.96. The third-order valence-electron chi connectivity index (χ3n) is 4.61. The molecule has 154 valence electrons. The molecule has 29 heavy (non-hydrogen) atoms. The Balaban J connectivity index is 2.03. The summed E-state index contributed by atoms with van der Waals surface area (Å²) < 4.78 is 21.8. The van der Waals surface area contributed by atoms with Gasteiger partial charge in [-0.1, -0.05) is 0 Å². The summed E-state index contributed by atoms with van der Waals surface area (Å²) in [5.74, 6) is 2.29. The molecule has 0 unspecified atom stereocenters. The second kappa shape index (κ2) is 8.96. The molecule has 3 aromatic rings. The average Bonchev–Trinajstić information content (AvgIpc) is 2.71. The second-order valence-corrected chi connectivity index (χ2v) is 6.62. The number of hydrogen-bond acceptors (Lipinski definition) is 6. The van der Waals surface area contributed by atoms with E-state index < -0.39 is 0 Å². The lowest BCUT2D eigenvalue weighted by Crippen LogP contribution is -2.11. The van der Waals surface area contributed by atoms with Crippen LogP contribution in [-0.4, -0.2) is 44.0 Å². The minimum atomic E-state index is -0.267. The number of ether oxygens (including phenoxy) is 4. The Morgan fingerprint density at radius 3 is 2.34 bits per heavy atom. The van der Waals surface area contributed by atoms with Crippen molar-refractivity contribution in [2.45, 2.75) is 20.8 Å². The van der Waals surface area contributed by atoms with Gasteiger partial charge in [0.1, 0.15) is 35.1 Å². The lowest BCUT2D eigenvalue weighted by Gasteiger charge is -2.14. The van der Waals surface area contributed by atoms with E-state index in [4.69, 9.17) is 18.9 Å². The van der Waals surface area contributed by atoms with E-state index in [1.165, 1.54) is 7.11 Å². The Morgan fingerprint density at radius 2 is 1.72 bits per heavy atom. The van der Waals surface area contributed by atoms with Crippen molar-refractivity contribution in [3.63, 3.8) is 0 Å². The van der Waals surface area contributed by atoms with Crippen molar-refractivity contribution in [1.82, 2.24) is 9.97 Å². The quantitative estimate of drug-likeness (QED) is 0.584. The van der Waals surface area contributed by atoms with Crippen LogP contribution in [0.25, 0.3) is 22.3 Å². The van der Waals surface area contributed by atoms with Crippen molar-refractivity contribution in [3.05, 3.63) is 45.7 Å². The van der Waals surface area contributed by atoms with Crippen molar-refractivity contribution >= 4 is 10.9 Å². The van der Waals surface area contributed by atoms with E-state index in [0.29, 0.717) is 48.0 Å². The van der Waals surface area contributed by atoms with Gasteiger partial charge in [0.25, 0.3) is 5.56 Å². The van der Waals surface area contributed by atoms with Gasteiger partial charge in [-0.05, 0) is 44.0 Å². The average molecular weight is 398 g/mol. The van der Waals surface area contributed by atoms with Gasteiger partial charge in [0, 0.05) is 24.3 Å². The minimum Gasteiger partial charge on any atom is -0.497 e. The number of rotatable bonds is 8. The maximum atomic E-state index is 12.7. The maximum absolute atomic E-state index is 12.7. The number of nitrogens with zero attached hydrogens (tertiary/aromatic N) is 1. The first-order valence-corrected chi connectivity index (χ1v) is 9.46. The number of benzene rings is 2. The number of aromatic amines is 1. The molecule has 1 heterocycles. The number of methoxy groups -OCH3 is 2. The maximum Gasteiger partial charge on any atom is 0.262 e. The van der Waals surface area contributed by atoms with E-state index in [2.05, 4.69) is 9.97 Å². The molecular weight excluding hydrogens is 372 g/mol. The third-order valence-corrected chi connectivity index (χ3v) is 4.61. The van der Waals surface area contributed by atoms with E-state index >= 15 is 0 Å². The lowest BCUT2D eigenvalue weighted by atomic mass is 10.0. The van der Waals surface area contributed by atoms with Gasteiger partial charge >= 0.3 is 0 Å². The van der Waals surface area contributed by atoms with Gasteiger partial charge in [-0.3, -0.25) is 4.79 Å². The molecule has 0 aliphatic carbocycles. The second-order valence-electron chi connectivity index (χ2n) is 6.62. The summed E-state index contributed by atoms with van der Waals surface area (Å²) >= 11 is 0. The van der Waals surface area contributed by atoms with Crippen LogP contribution < -0.4 is 19.8 Å². The molecule has 0 fully saturated rings. The van der Waals surface area contributed by atoms with Gasteiger partial charge in [0.05, 0.1) is 26.3 Å². The molecule has 3 rings (SSSR count). The molecule has 0 bridgehead atoms. The number of aryl methyl sites for hydroxylation is 2.